The minimum atomic E-state index is -0.271. The molecule has 0 atom stereocenters. The molecule has 8 heteroatoms. The van der Waals surface area contributed by atoms with Gasteiger partial charge in [0.15, 0.2) is 0 Å². The van der Waals surface area contributed by atoms with Crippen LogP contribution in [-0.4, -0.2) is 28.8 Å². The molecule has 0 bridgehead atoms. The second-order valence-electron chi connectivity index (χ2n) is 5.40. The maximum Gasteiger partial charge on any atom is 0.277 e. The van der Waals surface area contributed by atoms with Gasteiger partial charge < -0.3 is 14.0 Å². The van der Waals surface area contributed by atoms with Crippen LogP contribution in [0.15, 0.2) is 23.1 Å². The highest BCUT2D eigenvalue weighted by Gasteiger charge is 2.21. The fraction of sp³-hybridized carbons (Fsp3) is 0.235. The highest BCUT2D eigenvalue weighted by molar-refractivity contribution is 6.41. The third-order valence-electron chi connectivity index (χ3n) is 3.93. The summed E-state index contributed by atoms with van der Waals surface area (Å²) in [5.74, 6) is 1.31. The van der Waals surface area contributed by atoms with Crippen molar-refractivity contribution in [2.45, 2.75) is 6.92 Å². The van der Waals surface area contributed by atoms with Crippen LogP contribution < -0.4 is 15.0 Å². The Morgan fingerprint density at radius 2 is 1.68 bits per heavy atom. The van der Waals surface area contributed by atoms with E-state index in [-0.39, 0.29) is 15.6 Å². The van der Waals surface area contributed by atoms with Crippen molar-refractivity contribution in [3.8, 4) is 22.8 Å². The smallest absolute Gasteiger partial charge is 0.277 e. The van der Waals surface area contributed by atoms with Crippen LogP contribution in [0.3, 0.4) is 0 Å². The normalized spacial score (nSPS) is 11.0. The van der Waals surface area contributed by atoms with Gasteiger partial charge in [0.05, 0.1) is 30.0 Å². The number of hydrogen-bond acceptors (Lipinski definition) is 5. The Morgan fingerprint density at radius 3 is 2.24 bits per heavy atom. The van der Waals surface area contributed by atoms with Gasteiger partial charge >= 0.3 is 0 Å². The van der Waals surface area contributed by atoms with Crippen molar-refractivity contribution in [3.63, 3.8) is 0 Å². The minimum Gasteiger partial charge on any atom is -0.495 e. The Morgan fingerprint density at radius 1 is 1.08 bits per heavy atom. The maximum atomic E-state index is 12.7. The van der Waals surface area contributed by atoms with Crippen molar-refractivity contribution in [2.75, 3.05) is 14.2 Å². The molecule has 0 aliphatic heterocycles. The van der Waals surface area contributed by atoms with E-state index in [1.807, 2.05) is 0 Å². The van der Waals surface area contributed by atoms with Crippen LogP contribution >= 0.6 is 23.2 Å². The highest BCUT2D eigenvalue weighted by Crippen LogP contribution is 2.45. The topological polar surface area (TPSA) is 66.2 Å². The van der Waals surface area contributed by atoms with E-state index in [4.69, 9.17) is 32.7 Å². The second kappa shape index (κ2) is 6.54. The molecule has 0 spiro atoms. The molecule has 0 aliphatic carbocycles. The van der Waals surface area contributed by atoms with E-state index in [1.165, 1.54) is 18.8 Å². The van der Waals surface area contributed by atoms with Gasteiger partial charge in [0, 0.05) is 30.3 Å². The Bertz CT molecular complexity index is 1020. The Balaban J connectivity index is 2.43. The molecule has 0 amide bonds. The number of fused-ring (bicyclic) bond motifs is 1. The van der Waals surface area contributed by atoms with Crippen molar-refractivity contribution in [2.24, 2.45) is 7.05 Å². The maximum absolute atomic E-state index is 12.7. The molecule has 130 valence electrons. The van der Waals surface area contributed by atoms with Crippen LogP contribution in [0.25, 0.3) is 22.2 Å². The lowest BCUT2D eigenvalue weighted by Crippen LogP contribution is -2.20. The number of aromatic nitrogens is 3. The first-order valence-electron chi connectivity index (χ1n) is 7.32. The van der Waals surface area contributed by atoms with E-state index in [1.54, 1.807) is 32.3 Å². The molecule has 0 fully saturated rings. The molecule has 0 aliphatic rings. The molecule has 0 saturated carbocycles. The summed E-state index contributed by atoms with van der Waals surface area (Å²) in [5, 5.41) is 1.17. The third-order valence-corrected chi connectivity index (χ3v) is 4.68. The summed E-state index contributed by atoms with van der Waals surface area (Å²) in [6, 6.07) is 3.36. The van der Waals surface area contributed by atoms with Crippen LogP contribution in [0.1, 0.15) is 5.82 Å². The van der Waals surface area contributed by atoms with Gasteiger partial charge in [0.25, 0.3) is 5.56 Å². The van der Waals surface area contributed by atoms with Crippen molar-refractivity contribution < 1.29 is 9.47 Å². The lowest BCUT2D eigenvalue weighted by atomic mass is 10.1. The number of aryl methyl sites for hydroxylation is 1. The molecule has 2 heterocycles. The quantitative estimate of drug-likeness (QED) is 0.694. The van der Waals surface area contributed by atoms with E-state index in [9.17, 15) is 4.79 Å². The number of pyridine rings is 1. The molecule has 2 aromatic heterocycles. The summed E-state index contributed by atoms with van der Waals surface area (Å²) in [7, 11) is 4.62. The van der Waals surface area contributed by atoms with Gasteiger partial charge in [-0.1, -0.05) is 23.2 Å². The van der Waals surface area contributed by atoms with Crippen molar-refractivity contribution in [3.05, 3.63) is 44.6 Å². The minimum absolute atomic E-state index is 0.271. The van der Waals surface area contributed by atoms with E-state index in [2.05, 4.69) is 9.97 Å². The summed E-state index contributed by atoms with van der Waals surface area (Å²) in [6.07, 6.45) is 1.60. The monoisotopic (exact) mass is 379 g/mol. The Kier molecular flexibility index (Phi) is 4.58. The molecule has 0 N–H and O–H groups in total. The number of hydrogen-bond donors (Lipinski definition) is 0. The zero-order valence-electron chi connectivity index (χ0n) is 14.1. The highest BCUT2D eigenvalue weighted by atomic mass is 35.5. The van der Waals surface area contributed by atoms with Crippen molar-refractivity contribution in [1.82, 2.24) is 14.5 Å². The third kappa shape index (κ3) is 2.81. The summed E-state index contributed by atoms with van der Waals surface area (Å²) in [6.45, 7) is 1.73. The average Bonchev–Trinajstić information content (AvgIpc) is 2.60. The second-order valence-corrected chi connectivity index (χ2v) is 6.15. The van der Waals surface area contributed by atoms with Crippen LogP contribution in [0, 0.1) is 6.92 Å². The van der Waals surface area contributed by atoms with Crippen LogP contribution in [0.2, 0.25) is 10.0 Å². The van der Waals surface area contributed by atoms with Gasteiger partial charge in [-0.2, -0.15) is 0 Å². The standard InChI is InChI=1S/C17H15Cl2N3O3/c1-8-20-7-9-5-10(22(2)17(23)16(9)21-8)13-14(18)11(24-3)6-12(25-4)15(13)19/h5-7H,1-4H3. The molecule has 1 aromatic carbocycles. The lowest BCUT2D eigenvalue weighted by Gasteiger charge is -2.17. The van der Waals surface area contributed by atoms with Crippen molar-refractivity contribution >= 4 is 34.1 Å². The molecule has 3 rings (SSSR count). The summed E-state index contributed by atoms with van der Waals surface area (Å²) in [4.78, 5) is 21.1. The number of benzene rings is 1. The van der Waals surface area contributed by atoms with Crippen LogP contribution in [-0.2, 0) is 7.05 Å². The first-order chi connectivity index (χ1) is 11.9. The number of halogens is 2. The average molecular weight is 380 g/mol. The zero-order valence-corrected chi connectivity index (χ0v) is 15.6. The predicted molar refractivity (Wildman–Crippen MR) is 98.1 cm³/mol. The van der Waals surface area contributed by atoms with Crippen molar-refractivity contribution in [1.29, 1.82) is 0 Å². The van der Waals surface area contributed by atoms with Crippen LogP contribution in [0.5, 0.6) is 11.5 Å². The van der Waals surface area contributed by atoms with Gasteiger partial charge in [-0.3, -0.25) is 4.79 Å². The number of rotatable bonds is 3. The van der Waals surface area contributed by atoms with E-state index in [0.29, 0.717) is 39.5 Å². The molecule has 0 unspecified atom stereocenters. The first kappa shape index (κ1) is 17.5. The first-order valence-corrected chi connectivity index (χ1v) is 8.08. The largest absolute Gasteiger partial charge is 0.495 e. The fourth-order valence-corrected chi connectivity index (χ4v) is 3.31. The molecule has 3 aromatic rings. The molecular weight excluding hydrogens is 365 g/mol. The number of nitrogens with zero attached hydrogens (tertiary/aromatic N) is 3. The fourth-order valence-electron chi connectivity index (χ4n) is 2.62. The molecular formula is C17H15Cl2N3O3. The van der Waals surface area contributed by atoms with Gasteiger partial charge in [-0.15, -0.1) is 0 Å². The molecule has 25 heavy (non-hydrogen) atoms. The Hall–Kier alpha value is -2.31. The van der Waals surface area contributed by atoms with Gasteiger partial charge in [0.2, 0.25) is 0 Å². The van der Waals surface area contributed by atoms with E-state index < -0.39 is 0 Å². The summed E-state index contributed by atoms with van der Waals surface area (Å²) >= 11 is 12.9. The predicted octanol–water partition coefficient (Wildman–Crippen LogP) is 3.63. The van der Waals surface area contributed by atoms with Crippen LogP contribution in [0.4, 0.5) is 0 Å². The van der Waals surface area contributed by atoms with E-state index in [0.717, 1.165) is 0 Å². The summed E-state index contributed by atoms with van der Waals surface area (Å²) < 4.78 is 12.0. The molecule has 0 saturated heterocycles. The van der Waals surface area contributed by atoms with Gasteiger partial charge in [-0.05, 0) is 13.0 Å². The van der Waals surface area contributed by atoms with E-state index >= 15 is 0 Å². The summed E-state index contributed by atoms with van der Waals surface area (Å²) in [5.41, 5.74) is 1.02. The molecule has 6 nitrogen and oxygen atoms in total. The zero-order chi connectivity index (χ0) is 18.3. The number of ether oxygens (including phenoxy) is 2. The SMILES string of the molecule is COc1cc(OC)c(Cl)c(-c2cc3cnc(C)nc3c(=O)n2C)c1Cl. The molecule has 0 radical (unpaired) electrons. The van der Waals surface area contributed by atoms with Gasteiger partial charge in [-0.25, -0.2) is 9.97 Å². The van der Waals surface area contributed by atoms with Gasteiger partial charge in [0.1, 0.15) is 22.8 Å². The number of methoxy groups -OCH3 is 2. The Labute approximate surface area is 153 Å². The lowest BCUT2D eigenvalue weighted by molar-refractivity contribution is 0.395.